The third-order valence-corrected chi connectivity index (χ3v) is 5.73. The van der Waals surface area contributed by atoms with Gasteiger partial charge in [0.25, 0.3) is 0 Å². The molecule has 3 rings (SSSR count). The van der Waals surface area contributed by atoms with Crippen molar-refractivity contribution in [2.75, 3.05) is 33.2 Å². The van der Waals surface area contributed by atoms with Gasteiger partial charge in [-0.1, -0.05) is 19.3 Å². The van der Waals surface area contributed by atoms with E-state index in [2.05, 4.69) is 10.4 Å². The molecule has 2 heterocycles. The van der Waals surface area contributed by atoms with Crippen LogP contribution in [0.3, 0.4) is 0 Å². The third-order valence-electron chi connectivity index (χ3n) is 5.73. The Balaban J connectivity index is 1.50. The molecule has 2 amide bonds. The summed E-state index contributed by atoms with van der Waals surface area (Å²) in [4.78, 5) is 29.2. The summed E-state index contributed by atoms with van der Waals surface area (Å²) in [6, 6.07) is -0.381. The molecule has 1 N–H and O–H groups in total. The third kappa shape index (κ3) is 4.44. The van der Waals surface area contributed by atoms with Crippen LogP contribution in [-0.2, 0) is 16.6 Å². The van der Waals surface area contributed by atoms with Crippen molar-refractivity contribution in [3.8, 4) is 0 Å². The molecule has 1 aliphatic heterocycles. The lowest BCUT2D eigenvalue weighted by atomic mass is 9.86. The van der Waals surface area contributed by atoms with Crippen LogP contribution in [0.4, 0.5) is 0 Å². The van der Waals surface area contributed by atoms with Crippen molar-refractivity contribution in [1.82, 2.24) is 24.9 Å². The minimum Gasteiger partial charge on any atom is -0.339 e. The van der Waals surface area contributed by atoms with E-state index in [1.54, 1.807) is 17.9 Å². The van der Waals surface area contributed by atoms with Crippen molar-refractivity contribution in [3.63, 3.8) is 0 Å². The zero-order valence-corrected chi connectivity index (χ0v) is 16.0. The molecular formula is C19H31N5O2. The number of piperazine rings is 1. The van der Waals surface area contributed by atoms with Crippen molar-refractivity contribution in [2.24, 2.45) is 13.0 Å². The predicted octanol–water partition coefficient (Wildman–Crippen LogP) is 1.32. The van der Waals surface area contributed by atoms with E-state index >= 15 is 0 Å². The summed E-state index contributed by atoms with van der Waals surface area (Å²) in [5.74, 6) is 0.886. The number of carbonyl (C=O) groups excluding carboxylic acids is 2. The fraction of sp³-hybridized carbons (Fsp3) is 0.737. The molecule has 1 unspecified atom stereocenters. The SMILES string of the molecule is CNC(C(=O)N1CCN(C(=O)CC2CCCCC2)CC1)c1cnn(C)c1. The predicted molar refractivity (Wildman–Crippen MR) is 99.4 cm³/mol. The molecular weight excluding hydrogens is 330 g/mol. The number of aryl methyl sites for hydroxylation is 1. The van der Waals surface area contributed by atoms with Gasteiger partial charge >= 0.3 is 0 Å². The smallest absolute Gasteiger partial charge is 0.244 e. The maximum absolute atomic E-state index is 12.9. The Morgan fingerprint density at radius 1 is 1.15 bits per heavy atom. The Bertz CT molecular complexity index is 615. The molecule has 0 spiro atoms. The van der Waals surface area contributed by atoms with Crippen molar-refractivity contribution < 1.29 is 9.59 Å². The van der Waals surface area contributed by atoms with Gasteiger partial charge in [-0.15, -0.1) is 0 Å². The van der Waals surface area contributed by atoms with Gasteiger partial charge in [-0.25, -0.2) is 0 Å². The van der Waals surface area contributed by atoms with E-state index in [1.165, 1.54) is 32.1 Å². The first-order chi connectivity index (χ1) is 12.6. The van der Waals surface area contributed by atoms with Crippen LogP contribution in [0, 0.1) is 5.92 Å². The van der Waals surface area contributed by atoms with Gasteiger partial charge in [-0.05, 0) is 25.8 Å². The number of nitrogens with zero attached hydrogens (tertiary/aromatic N) is 4. The van der Waals surface area contributed by atoms with Crippen LogP contribution >= 0.6 is 0 Å². The summed E-state index contributed by atoms with van der Waals surface area (Å²) in [7, 11) is 3.64. The molecule has 2 aliphatic rings. The van der Waals surface area contributed by atoms with Crippen LogP contribution in [-0.4, -0.2) is 64.6 Å². The topological polar surface area (TPSA) is 70.5 Å². The largest absolute Gasteiger partial charge is 0.339 e. The maximum atomic E-state index is 12.9. The molecule has 7 heteroatoms. The molecule has 0 bridgehead atoms. The van der Waals surface area contributed by atoms with Crippen LogP contribution in [0.2, 0.25) is 0 Å². The number of nitrogens with one attached hydrogen (secondary N) is 1. The van der Waals surface area contributed by atoms with Crippen LogP contribution in [0.5, 0.6) is 0 Å². The summed E-state index contributed by atoms with van der Waals surface area (Å²) in [5.41, 5.74) is 0.871. The molecule has 1 saturated carbocycles. The van der Waals surface area contributed by atoms with Gasteiger partial charge in [-0.2, -0.15) is 5.10 Å². The Morgan fingerprint density at radius 2 is 1.81 bits per heavy atom. The highest BCUT2D eigenvalue weighted by Crippen LogP contribution is 2.27. The molecule has 1 saturated heterocycles. The molecule has 144 valence electrons. The summed E-state index contributed by atoms with van der Waals surface area (Å²) in [6.45, 7) is 2.49. The lowest BCUT2D eigenvalue weighted by Gasteiger charge is -2.37. The Morgan fingerprint density at radius 3 is 2.38 bits per heavy atom. The number of aromatic nitrogens is 2. The van der Waals surface area contributed by atoms with E-state index in [9.17, 15) is 9.59 Å². The average molecular weight is 361 g/mol. The molecule has 0 radical (unpaired) electrons. The number of hydrogen-bond donors (Lipinski definition) is 1. The summed E-state index contributed by atoms with van der Waals surface area (Å²) >= 11 is 0. The van der Waals surface area contributed by atoms with Gasteiger partial charge in [0.15, 0.2) is 0 Å². The summed E-state index contributed by atoms with van der Waals surface area (Å²) in [5, 5.41) is 7.25. The van der Waals surface area contributed by atoms with E-state index < -0.39 is 0 Å². The minimum absolute atomic E-state index is 0.0554. The lowest BCUT2D eigenvalue weighted by molar-refractivity contribution is -0.141. The molecule has 0 aromatic carbocycles. The fourth-order valence-corrected chi connectivity index (χ4v) is 4.15. The minimum atomic E-state index is -0.381. The number of amides is 2. The monoisotopic (exact) mass is 361 g/mol. The molecule has 1 aliphatic carbocycles. The van der Waals surface area contributed by atoms with Gasteiger partial charge in [0, 0.05) is 51.4 Å². The Labute approximate surface area is 155 Å². The van der Waals surface area contributed by atoms with Gasteiger partial charge in [0.1, 0.15) is 6.04 Å². The quantitative estimate of drug-likeness (QED) is 0.859. The average Bonchev–Trinajstić information content (AvgIpc) is 3.09. The second-order valence-electron chi connectivity index (χ2n) is 7.58. The summed E-state index contributed by atoms with van der Waals surface area (Å²) < 4.78 is 1.70. The Kier molecular flexibility index (Phi) is 6.29. The number of hydrogen-bond acceptors (Lipinski definition) is 4. The van der Waals surface area contributed by atoms with Crippen LogP contribution in [0.15, 0.2) is 12.4 Å². The molecule has 1 aromatic rings. The summed E-state index contributed by atoms with van der Waals surface area (Å²) in [6.07, 6.45) is 10.5. The zero-order chi connectivity index (χ0) is 18.5. The molecule has 1 aromatic heterocycles. The molecule has 2 fully saturated rings. The highest BCUT2D eigenvalue weighted by Gasteiger charge is 2.30. The van der Waals surface area contributed by atoms with Gasteiger partial charge in [0.05, 0.1) is 6.20 Å². The van der Waals surface area contributed by atoms with Gasteiger partial charge < -0.3 is 15.1 Å². The first-order valence-corrected chi connectivity index (χ1v) is 9.81. The van der Waals surface area contributed by atoms with Crippen molar-refractivity contribution >= 4 is 11.8 Å². The second-order valence-corrected chi connectivity index (χ2v) is 7.58. The van der Waals surface area contributed by atoms with Gasteiger partial charge in [0.2, 0.25) is 11.8 Å². The zero-order valence-electron chi connectivity index (χ0n) is 16.0. The maximum Gasteiger partial charge on any atom is 0.244 e. The first kappa shape index (κ1) is 18.9. The van der Waals surface area contributed by atoms with Crippen LogP contribution < -0.4 is 5.32 Å². The normalized spacial score (nSPS) is 20.2. The second kappa shape index (κ2) is 8.66. The van der Waals surface area contributed by atoms with E-state index in [0.29, 0.717) is 38.5 Å². The van der Waals surface area contributed by atoms with Crippen LogP contribution in [0.25, 0.3) is 0 Å². The van der Waals surface area contributed by atoms with E-state index in [-0.39, 0.29) is 17.9 Å². The number of rotatable bonds is 5. The molecule has 26 heavy (non-hydrogen) atoms. The Hall–Kier alpha value is -1.89. The van der Waals surface area contributed by atoms with Gasteiger partial charge in [-0.3, -0.25) is 14.3 Å². The van der Waals surface area contributed by atoms with Crippen molar-refractivity contribution in [2.45, 2.75) is 44.6 Å². The number of likely N-dealkylation sites (N-methyl/N-ethyl adjacent to an activating group) is 1. The van der Waals surface area contributed by atoms with E-state index in [4.69, 9.17) is 0 Å². The van der Waals surface area contributed by atoms with Crippen molar-refractivity contribution in [1.29, 1.82) is 0 Å². The van der Waals surface area contributed by atoms with Crippen LogP contribution in [0.1, 0.15) is 50.1 Å². The van der Waals surface area contributed by atoms with Crippen molar-refractivity contribution in [3.05, 3.63) is 18.0 Å². The fourth-order valence-electron chi connectivity index (χ4n) is 4.15. The van der Waals surface area contributed by atoms with E-state index in [0.717, 1.165) is 5.56 Å². The highest BCUT2D eigenvalue weighted by molar-refractivity contribution is 5.83. The highest BCUT2D eigenvalue weighted by atomic mass is 16.2. The lowest BCUT2D eigenvalue weighted by Crippen LogP contribution is -2.53. The number of carbonyl (C=O) groups is 2. The first-order valence-electron chi connectivity index (χ1n) is 9.81. The molecule has 1 atom stereocenters. The standard InChI is InChI=1S/C19H31N5O2/c1-20-18(16-13-21-22(2)14-16)19(26)24-10-8-23(9-11-24)17(25)12-15-6-4-3-5-7-15/h13-15,18,20H,3-12H2,1-2H3. The van der Waals surface area contributed by atoms with E-state index in [1.807, 2.05) is 23.0 Å². The molecule has 7 nitrogen and oxygen atoms in total.